The van der Waals surface area contributed by atoms with Crippen LogP contribution < -0.4 is 0 Å². The SMILES string of the molecule is C1=C(c2ccccc2)C(c2ccccc2)c2ccccc2C1. The van der Waals surface area contributed by atoms with Crippen LogP contribution in [0, 0.1) is 0 Å². The standard InChI is InChI=1S/C22H18/c1-3-9-17(10-4-1)21-16-15-18-11-7-8-14-20(18)22(21)19-12-5-2-6-13-19/h1-14,16,22H,15H2. The largest absolute Gasteiger partial charge is 0.0753 e. The molecule has 1 aliphatic rings. The fourth-order valence-electron chi connectivity index (χ4n) is 3.43. The third-order valence-corrected chi connectivity index (χ3v) is 4.46. The minimum absolute atomic E-state index is 0.327. The summed E-state index contributed by atoms with van der Waals surface area (Å²) in [7, 11) is 0. The minimum atomic E-state index is 0.327. The molecule has 0 saturated heterocycles. The number of allylic oxidation sites excluding steroid dienone is 2. The van der Waals surface area contributed by atoms with Crippen molar-refractivity contribution in [1.82, 2.24) is 0 Å². The molecule has 0 aliphatic heterocycles. The van der Waals surface area contributed by atoms with E-state index in [-0.39, 0.29) is 0 Å². The maximum absolute atomic E-state index is 2.40. The first kappa shape index (κ1) is 13.1. The molecule has 0 amide bonds. The highest BCUT2D eigenvalue weighted by molar-refractivity contribution is 5.77. The third-order valence-electron chi connectivity index (χ3n) is 4.46. The van der Waals surface area contributed by atoms with Crippen molar-refractivity contribution < 1.29 is 0 Å². The highest BCUT2D eigenvalue weighted by Crippen LogP contribution is 2.42. The summed E-state index contributed by atoms with van der Waals surface area (Å²) in [4.78, 5) is 0. The monoisotopic (exact) mass is 282 g/mol. The maximum Gasteiger partial charge on any atom is 0.0345 e. The van der Waals surface area contributed by atoms with Gasteiger partial charge in [0.15, 0.2) is 0 Å². The zero-order valence-corrected chi connectivity index (χ0v) is 12.4. The Morgan fingerprint density at radius 2 is 1.27 bits per heavy atom. The molecule has 3 aromatic rings. The van der Waals surface area contributed by atoms with Gasteiger partial charge in [0, 0.05) is 5.92 Å². The van der Waals surface area contributed by atoms with Crippen LogP contribution in [0.1, 0.15) is 28.2 Å². The molecule has 0 radical (unpaired) electrons. The molecule has 106 valence electrons. The fourth-order valence-corrected chi connectivity index (χ4v) is 3.43. The van der Waals surface area contributed by atoms with Crippen molar-refractivity contribution in [1.29, 1.82) is 0 Å². The number of hydrogen-bond acceptors (Lipinski definition) is 0. The normalized spacial score (nSPS) is 16.7. The molecule has 3 aromatic carbocycles. The third kappa shape index (κ3) is 2.27. The molecule has 0 bridgehead atoms. The average molecular weight is 282 g/mol. The molecule has 4 rings (SSSR count). The topological polar surface area (TPSA) is 0 Å². The van der Waals surface area contributed by atoms with Crippen molar-refractivity contribution in [3.8, 4) is 0 Å². The lowest BCUT2D eigenvalue weighted by Gasteiger charge is -2.28. The van der Waals surface area contributed by atoms with Gasteiger partial charge in [-0.25, -0.2) is 0 Å². The van der Waals surface area contributed by atoms with Crippen molar-refractivity contribution in [2.45, 2.75) is 12.3 Å². The zero-order valence-electron chi connectivity index (χ0n) is 12.4. The second-order valence-corrected chi connectivity index (χ2v) is 5.77. The van der Waals surface area contributed by atoms with E-state index in [2.05, 4.69) is 91.0 Å². The van der Waals surface area contributed by atoms with Crippen LogP contribution in [0.2, 0.25) is 0 Å². The van der Waals surface area contributed by atoms with Gasteiger partial charge in [-0.2, -0.15) is 0 Å². The molecule has 1 aliphatic carbocycles. The summed E-state index contributed by atoms with van der Waals surface area (Å²) >= 11 is 0. The molecule has 0 spiro atoms. The quantitative estimate of drug-likeness (QED) is 0.585. The lowest BCUT2D eigenvalue weighted by molar-refractivity contribution is 0.974. The van der Waals surface area contributed by atoms with Gasteiger partial charge >= 0.3 is 0 Å². The van der Waals surface area contributed by atoms with E-state index < -0.39 is 0 Å². The van der Waals surface area contributed by atoms with E-state index in [1.807, 2.05) is 0 Å². The van der Waals surface area contributed by atoms with E-state index in [0.29, 0.717) is 5.92 Å². The molecule has 0 heteroatoms. The van der Waals surface area contributed by atoms with Gasteiger partial charge in [0.1, 0.15) is 0 Å². The van der Waals surface area contributed by atoms with E-state index in [0.717, 1.165) is 6.42 Å². The molecule has 1 unspecified atom stereocenters. The molecule has 22 heavy (non-hydrogen) atoms. The lowest BCUT2D eigenvalue weighted by Crippen LogP contribution is -2.11. The highest BCUT2D eigenvalue weighted by atomic mass is 14.3. The van der Waals surface area contributed by atoms with Gasteiger partial charge in [-0.15, -0.1) is 0 Å². The molecular formula is C22H18. The Morgan fingerprint density at radius 1 is 0.636 bits per heavy atom. The van der Waals surface area contributed by atoms with Gasteiger partial charge in [-0.3, -0.25) is 0 Å². The van der Waals surface area contributed by atoms with Gasteiger partial charge in [0.05, 0.1) is 0 Å². The van der Waals surface area contributed by atoms with Crippen LogP contribution in [0.5, 0.6) is 0 Å². The van der Waals surface area contributed by atoms with Gasteiger partial charge in [-0.1, -0.05) is 91.0 Å². The Morgan fingerprint density at radius 3 is 2.05 bits per heavy atom. The Labute approximate surface area is 131 Å². The first-order valence-corrected chi connectivity index (χ1v) is 7.82. The lowest BCUT2D eigenvalue weighted by atomic mass is 9.75. The predicted octanol–water partition coefficient (Wildman–Crippen LogP) is 5.46. The molecule has 0 N–H and O–H groups in total. The first-order valence-electron chi connectivity index (χ1n) is 7.82. The number of fused-ring (bicyclic) bond motifs is 1. The summed E-state index contributed by atoms with van der Waals surface area (Å²) in [5, 5.41) is 0. The second kappa shape index (κ2) is 5.65. The predicted molar refractivity (Wildman–Crippen MR) is 92.9 cm³/mol. The Hall–Kier alpha value is -2.60. The summed E-state index contributed by atoms with van der Waals surface area (Å²) in [6.07, 6.45) is 3.42. The van der Waals surface area contributed by atoms with Crippen LogP contribution in [0.4, 0.5) is 0 Å². The fraction of sp³-hybridized carbons (Fsp3) is 0.0909. The van der Waals surface area contributed by atoms with E-state index in [4.69, 9.17) is 0 Å². The van der Waals surface area contributed by atoms with Crippen molar-refractivity contribution >= 4 is 5.57 Å². The summed E-state index contributed by atoms with van der Waals surface area (Å²) in [6, 6.07) is 30.4. The van der Waals surface area contributed by atoms with Gasteiger partial charge in [0.25, 0.3) is 0 Å². The van der Waals surface area contributed by atoms with E-state index >= 15 is 0 Å². The molecule has 0 fully saturated rings. The van der Waals surface area contributed by atoms with Crippen molar-refractivity contribution in [2.24, 2.45) is 0 Å². The molecule has 0 heterocycles. The van der Waals surface area contributed by atoms with Gasteiger partial charge in [-0.05, 0) is 34.2 Å². The Bertz CT molecular complexity index is 798. The average Bonchev–Trinajstić information content (AvgIpc) is 2.62. The van der Waals surface area contributed by atoms with Crippen LogP contribution in [0.25, 0.3) is 5.57 Å². The van der Waals surface area contributed by atoms with E-state index in [9.17, 15) is 0 Å². The van der Waals surface area contributed by atoms with E-state index in [1.54, 1.807) is 0 Å². The maximum atomic E-state index is 2.40. The summed E-state index contributed by atoms with van der Waals surface area (Å²) < 4.78 is 0. The molecule has 1 atom stereocenters. The Kier molecular flexibility index (Phi) is 3.36. The first-order chi connectivity index (χ1) is 10.9. The van der Waals surface area contributed by atoms with Gasteiger partial charge < -0.3 is 0 Å². The van der Waals surface area contributed by atoms with Crippen molar-refractivity contribution in [2.75, 3.05) is 0 Å². The zero-order chi connectivity index (χ0) is 14.8. The number of benzene rings is 3. The van der Waals surface area contributed by atoms with Crippen molar-refractivity contribution in [3.05, 3.63) is 113 Å². The van der Waals surface area contributed by atoms with Crippen molar-refractivity contribution in [3.63, 3.8) is 0 Å². The van der Waals surface area contributed by atoms with Crippen LogP contribution in [0.3, 0.4) is 0 Å². The molecular weight excluding hydrogens is 264 g/mol. The highest BCUT2D eigenvalue weighted by Gasteiger charge is 2.25. The smallest absolute Gasteiger partial charge is 0.0345 e. The van der Waals surface area contributed by atoms with Crippen LogP contribution in [-0.4, -0.2) is 0 Å². The minimum Gasteiger partial charge on any atom is -0.0753 e. The van der Waals surface area contributed by atoms with Gasteiger partial charge in [0.2, 0.25) is 0 Å². The molecule has 0 aromatic heterocycles. The van der Waals surface area contributed by atoms with Crippen LogP contribution >= 0.6 is 0 Å². The van der Waals surface area contributed by atoms with E-state index in [1.165, 1.54) is 27.8 Å². The molecule has 0 saturated carbocycles. The summed E-state index contributed by atoms with van der Waals surface area (Å²) in [5.74, 6) is 0.327. The van der Waals surface area contributed by atoms with Crippen LogP contribution in [0.15, 0.2) is 91.0 Å². The number of hydrogen-bond donors (Lipinski definition) is 0. The number of rotatable bonds is 2. The summed E-state index contributed by atoms with van der Waals surface area (Å²) in [5.41, 5.74) is 6.99. The second-order valence-electron chi connectivity index (χ2n) is 5.77. The Balaban J connectivity index is 1.90. The molecule has 0 nitrogen and oxygen atoms in total. The van der Waals surface area contributed by atoms with Crippen LogP contribution in [-0.2, 0) is 6.42 Å². The summed E-state index contributed by atoms with van der Waals surface area (Å²) in [6.45, 7) is 0.